The summed E-state index contributed by atoms with van der Waals surface area (Å²) >= 11 is 0. The lowest BCUT2D eigenvalue weighted by Crippen LogP contribution is -2.15. The van der Waals surface area contributed by atoms with Gasteiger partial charge in [-0.3, -0.25) is 0 Å². The van der Waals surface area contributed by atoms with E-state index in [1.54, 1.807) is 27.8 Å². The zero-order valence-electron chi connectivity index (χ0n) is 32.5. The van der Waals surface area contributed by atoms with Crippen molar-refractivity contribution in [3.05, 3.63) is 210 Å². The summed E-state index contributed by atoms with van der Waals surface area (Å²) in [6, 6.07) is 69.1. The second-order valence-corrected chi connectivity index (χ2v) is 15.7. The quantitative estimate of drug-likeness (QED) is 0.150. The van der Waals surface area contributed by atoms with Crippen molar-refractivity contribution in [1.82, 2.24) is 0 Å². The first kappa shape index (κ1) is 35.0. The van der Waals surface area contributed by atoms with Crippen LogP contribution in [0.4, 0.5) is 17.1 Å². The fourth-order valence-corrected chi connectivity index (χ4v) is 9.55. The largest absolute Gasteiger partial charge is 0.311 e. The molecule has 0 spiro atoms. The smallest absolute Gasteiger partial charge is 0.0462 e. The second kappa shape index (κ2) is 15.6. The Kier molecular flexibility index (Phi) is 9.58. The Labute approximate surface area is 337 Å². The molecule has 2 aliphatic carbocycles. The number of benzene rings is 8. The van der Waals surface area contributed by atoms with Gasteiger partial charge in [0, 0.05) is 17.1 Å². The summed E-state index contributed by atoms with van der Waals surface area (Å²) in [5.74, 6) is 0. The molecule has 0 aromatic heterocycles. The molecule has 0 unspecified atom stereocenters. The first-order valence-corrected chi connectivity index (χ1v) is 20.9. The maximum atomic E-state index is 2.45. The highest BCUT2D eigenvalue weighted by atomic mass is 15.1. The van der Waals surface area contributed by atoms with E-state index < -0.39 is 0 Å². The third kappa shape index (κ3) is 6.89. The van der Waals surface area contributed by atoms with E-state index in [1.165, 1.54) is 75.8 Å². The van der Waals surface area contributed by atoms with Crippen molar-refractivity contribution < 1.29 is 0 Å². The third-order valence-corrected chi connectivity index (χ3v) is 12.3. The van der Waals surface area contributed by atoms with Crippen LogP contribution >= 0.6 is 0 Å². The Morgan fingerprint density at radius 3 is 0.947 bits per heavy atom. The third-order valence-electron chi connectivity index (χ3n) is 12.3. The van der Waals surface area contributed by atoms with Crippen LogP contribution in [0.5, 0.6) is 0 Å². The molecule has 0 bridgehead atoms. The monoisotopic (exact) mass is 733 g/mol. The van der Waals surface area contributed by atoms with Crippen LogP contribution in [0.25, 0.3) is 55.6 Å². The van der Waals surface area contributed by atoms with Crippen LogP contribution in [0.1, 0.15) is 47.9 Å². The number of hydrogen-bond acceptors (Lipinski definition) is 1. The van der Waals surface area contributed by atoms with Gasteiger partial charge in [0.05, 0.1) is 0 Å². The Morgan fingerprint density at radius 2 is 0.544 bits per heavy atom. The highest BCUT2D eigenvalue weighted by molar-refractivity contribution is 5.87. The molecule has 0 saturated heterocycles. The van der Waals surface area contributed by atoms with Crippen LogP contribution < -0.4 is 4.90 Å². The molecule has 0 fully saturated rings. The van der Waals surface area contributed by atoms with E-state index in [1.807, 2.05) is 0 Å². The zero-order chi connectivity index (χ0) is 38.0. The molecule has 8 aromatic rings. The molecular weight excluding hydrogens is 687 g/mol. The summed E-state index contributed by atoms with van der Waals surface area (Å²) in [5.41, 5.74) is 23.2. The molecule has 0 heterocycles. The Hall–Kier alpha value is -6.44. The first-order chi connectivity index (χ1) is 28.3. The van der Waals surface area contributed by atoms with E-state index >= 15 is 0 Å². The van der Waals surface area contributed by atoms with Crippen molar-refractivity contribution in [3.63, 3.8) is 0 Å². The topological polar surface area (TPSA) is 3.24 Å². The molecule has 57 heavy (non-hydrogen) atoms. The maximum Gasteiger partial charge on any atom is 0.0462 e. The Balaban J connectivity index is 1.07. The molecule has 276 valence electrons. The minimum atomic E-state index is 1.15. The normalized spacial score (nSPS) is 13.4. The number of hydrogen-bond donors (Lipinski definition) is 0. The van der Waals surface area contributed by atoms with Crippen molar-refractivity contribution in [2.75, 3.05) is 4.90 Å². The molecule has 2 aliphatic rings. The molecule has 0 aliphatic heterocycles. The summed E-state index contributed by atoms with van der Waals surface area (Å²) in [4.78, 5) is 2.40. The number of rotatable bonds is 8. The van der Waals surface area contributed by atoms with Crippen molar-refractivity contribution in [2.45, 2.75) is 51.4 Å². The minimum absolute atomic E-state index is 1.15. The van der Waals surface area contributed by atoms with E-state index in [9.17, 15) is 0 Å². The van der Waals surface area contributed by atoms with Gasteiger partial charge in [-0.2, -0.15) is 0 Å². The van der Waals surface area contributed by atoms with Gasteiger partial charge in [0.2, 0.25) is 0 Å². The number of nitrogens with zero attached hydrogens (tertiary/aromatic N) is 1. The molecule has 0 atom stereocenters. The fourth-order valence-electron chi connectivity index (χ4n) is 9.55. The fraction of sp³-hybridized carbons (Fsp3) is 0.143. The van der Waals surface area contributed by atoms with Gasteiger partial charge < -0.3 is 4.90 Å². The molecule has 1 nitrogen and oxygen atoms in total. The van der Waals surface area contributed by atoms with Crippen LogP contribution in [-0.2, 0) is 25.7 Å². The summed E-state index contributed by atoms with van der Waals surface area (Å²) < 4.78 is 0. The second-order valence-electron chi connectivity index (χ2n) is 15.7. The van der Waals surface area contributed by atoms with E-state index in [0.717, 1.165) is 42.7 Å². The van der Waals surface area contributed by atoms with Crippen LogP contribution in [0.15, 0.2) is 188 Å². The molecule has 8 aromatic carbocycles. The van der Waals surface area contributed by atoms with Crippen molar-refractivity contribution in [1.29, 1.82) is 0 Å². The number of fused-ring (bicyclic) bond motifs is 2. The first-order valence-electron chi connectivity index (χ1n) is 20.9. The molecule has 1 heteroatoms. The Morgan fingerprint density at radius 1 is 0.246 bits per heavy atom. The van der Waals surface area contributed by atoms with Gasteiger partial charge in [0.1, 0.15) is 0 Å². The minimum Gasteiger partial charge on any atom is -0.311 e. The van der Waals surface area contributed by atoms with E-state index in [0.29, 0.717) is 0 Å². The Bertz CT molecular complexity index is 2500. The SMILES string of the molecule is c1ccc(-c2ccc(N(c3ccc(-c4ccccc4)cc3)c3ccc(-c4c5c(c(-c6cccc(-c7ccccc7)c6)c6c4CCCC6)CCCC5)cc3)cc2)cc1. The van der Waals surface area contributed by atoms with E-state index in [2.05, 4.69) is 193 Å². The van der Waals surface area contributed by atoms with E-state index in [4.69, 9.17) is 0 Å². The predicted molar refractivity (Wildman–Crippen MR) is 242 cm³/mol. The van der Waals surface area contributed by atoms with Crippen LogP contribution in [0, 0.1) is 0 Å². The summed E-state index contributed by atoms with van der Waals surface area (Å²) in [5, 5.41) is 0. The molecular formula is C56H47N. The van der Waals surface area contributed by atoms with Gasteiger partial charge in [0.15, 0.2) is 0 Å². The maximum absolute atomic E-state index is 2.45. The average molecular weight is 734 g/mol. The molecule has 10 rings (SSSR count). The van der Waals surface area contributed by atoms with Gasteiger partial charge in [0.25, 0.3) is 0 Å². The van der Waals surface area contributed by atoms with Crippen molar-refractivity contribution in [3.8, 4) is 55.6 Å². The van der Waals surface area contributed by atoms with Gasteiger partial charge in [-0.25, -0.2) is 0 Å². The summed E-state index contributed by atoms with van der Waals surface area (Å²) in [6.07, 6.45) is 9.65. The van der Waals surface area contributed by atoms with Gasteiger partial charge in [-0.15, -0.1) is 0 Å². The van der Waals surface area contributed by atoms with Crippen LogP contribution in [0.2, 0.25) is 0 Å². The van der Waals surface area contributed by atoms with E-state index in [-0.39, 0.29) is 0 Å². The summed E-state index contributed by atoms with van der Waals surface area (Å²) in [7, 11) is 0. The lowest BCUT2D eigenvalue weighted by molar-refractivity contribution is 0.662. The van der Waals surface area contributed by atoms with Crippen molar-refractivity contribution >= 4 is 17.1 Å². The molecule has 0 N–H and O–H groups in total. The zero-order valence-corrected chi connectivity index (χ0v) is 32.5. The molecule has 0 radical (unpaired) electrons. The highest BCUT2D eigenvalue weighted by Gasteiger charge is 2.28. The van der Waals surface area contributed by atoms with Crippen molar-refractivity contribution in [2.24, 2.45) is 0 Å². The highest BCUT2D eigenvalue weighted by Crippen LogP contribution is 2.47. The summed E-state index contributed by atoms with van der Waals surface area (Å²) in [6.45, 7) is 0. The van der Waals surface area contributed by atoms with Gasteiger partial charge in [-0.05, 0) is 172 Å². The lowest BCUT2D eigenvalue weighted by Gasteiger charge is -2.32. The van der Waals surface area contributed by atoms with Crippen LogP contribution in [-0.4, -0.2) is 0 Å². The average Bonchev–Trinajstić information content (AvgIpc) is 3.30. The number of anilines is 3. The van der Waals surface area contributed by atoms with Gasteiger partial charge >= 0.3 is 0 Å². The molecule has 0 saturated carbocycles. The van der Waals surface area contributed by atoms with Crippen LogP contribution in [0.3, 0.4) is 0 Å². The predicted octanol–water partition coefficient (Wildman–Crippen LogP) is 15.2. The standard InChI is InChI=1S/C56H47N/c1-4-15-40(16-5-1)43-27-33-48(34-28-43)57(49-35-29-44(30-36-49)41-17-6-2-7-18-41)50-37-31-45(32-38-50)55-51-23-10-12-25-53(51)56(54-26-13-11-24-52(54)55)47-22-14-21-46(39-47)42-19-8-3-9-20-42/h1-9,14-22,27-39H,10-13,23-26H2. The van der Waals surface area contributed by atoms with Gasteiger partial charge in [-0.1, -0.05) is 146 Å². The lowest BCUT2D eigenvalue weighted by atomic mass is 9.72. The molecule has 0 amide bonds.